The first-order valence-corrected chi connectivity index (χ1v) is 11.9. The molecule has 0 unspecified atom stereocenters. The van der Waals surface area contributed by atoms with Gasteiger partial charge in [0.15, 0.2) is 15.8 Å². The molecule has 0 radical (unpaired) electrons. The van der Waals surface area contributed by atoms with Crippen LogP contribution in [0.1, 0.15) is 37.8 Å². The number of benzene rings is 1. The Morgan fingerprint density at radius 2 is 1.90 bits per heavy atom. The fraction of sp³-hybridized carbons (Fsp3) is 0.667. The molecule has 1 N–H and O–H groups in total. The number of aliphatic imine (C=N–C) groups is 1. The summed E-state index contributed by atoms with van der Waals surface area (Å²) in [6, 6.07) is 8.37. The van der Waals surface area contributed by atoms with Crippen molar-refractivity contribution in [2.45, 2.75) is 50.7 Å². The van der Waals surface area contributed by atoms with Crippen molar-refractivity contribution >= 4 is 15.8 Å². The molecule has 0 saturated carbocycles. The second kappa shape index (κ2) is 9.45. The predicted octanol–water partition coefficient (Wildman–Crippen LogP) is 1.97. The van der Waals surface area contributed by atoms with Crippen LogP contribution in [0.2, 0.25) is 0 Å². The maximum absolute atomic E-state index is 12.2. The molecule has 3 rings (SSSR count). The Morgan fingerprint density at radius 3 is 2.52 bits per heavy atom. The molecule has 2 aliphatic heterocycles. The molecular formula is C21H33N3O4S. The molecule has 2 heterocycles. The van der Waals surface area contributed by atoms with Crippen LogP contribution in [0.4, 0.5) is 0 Å². The Morgan fingerprint density at radius 1 is 1.24 bits per heavy atom. The standard InChI is InChI=1S/C21H33N3O4S/c1-21(2)16-24(10-13-29(21,25)26)20(22-3)23-14-17-4-6-18(7-5-17)15-28-19-8-11-27-12-9-19/h4-7,19H,8-16H2,1-3H3,(H,22,23). The van der Waals surface area contributed by atoms with Crippen molar-refractivity contribution in [1.29, 1.82) is 0 Å². The summed E-state index contributed by atoms with van der Waals surface area (Å²) in [4.78, 5) is 6.37. The summed E-state index contributed by atoms with van der Waals surface area (Å²) < 4.78 is 35.0. The van der Waals surface area contributed by atoms with Gasteiger partial charge in [0, 0.05) is 39.9 Å². The largest absolute Gasteiger partial charge is 0.381 e. The minimum atomic E-state index is -3.06. The van der Waals surface area contributed by atoms with Crippen LogP contribution in [0.3, 0.4) is 0 Å². The molecule has 162 valence electrons. The summed E-state index contributed by atoms with van der Waals surface area (Å²) in [7, 11) is -1.33. The van der Waals surface area contributed by atoms with Crippen molar-refractivity contribution in [3.05, 3.63) is 35.4 Å². The van der Waals surface area contributed by atoms with E-state index < -0.39 is 14.6 Å². The first-order valence-electron chi connectivity index (χ1n) is 10.3. The van der Waals surface area contributed by atoms with Crippen LogP contribution in [0.25, 0.3) is 0 Å². The topological polar surface area (TPSA) is 80.2 Å². The van der Waals surface area contributed by atoms with Gasteiger partial charge in [-0.05, 0) is 37.8 Å². The van der Waals surface area contributed by atoms with Crippen molar-refractivity contribution < 1.29 is 17.9 Å². The third-order valence-electron chi connectivity index (χ3n) is 5.68. The molecule has 2 saturated heterocycles. The predicted molar refractivity (Wildman–Crippen MR) is 115 cm³/mol. The highest BCUT2D eigenvalue weighted by Gasteiger charge is 2.40. The lowest BCUT2D eigenvalue weighted by Gasteiger charge is -2.39. The van der Waals surface area contributed by atoms with E-state index in [4.69, 9.17) is 9.47 Å². The zero-order chi connectivity index (χ0) is 20.9. The van der Waals surface area contributed by atoms with Gasteiger partial charge in [-0.15, -0.1) is 0 Å². The zero-order valence-electron chi connectivity index (χ0n) is 17.7. The van der Waals surface area contributed by atoms with E-state index in [9.17, 15) is 8.42 Å². The van der Waals surface area contributed by atoms with Crippen molar-refractivity contribution in [3.63, 3.8) is 0 Å². The quantitative estimate of drug-likeness (QED) is 0.576. The maximum Gasteiger partial charge on any atom is 0.193 e. The Hall–Kier alpha value is -1.64. The first kappa shape index (κ1) is 22.1. The van der Waals surface area contributed by atoms with Crippen LogP contribution in [0, 0.1) is 0 Å². The van der Waals surface area contributed by atoms with Crippen molar-refractivity contribution in [3.8, 4) is 0 Å². The fourth-order valence-electron chi connectivity index (χ4n) is 3.65. The van der Waals surface area contributed by atoms with E-state index in [2.05, 4.69) is 34.6 Å². The summed E-state index contributed by atoms with van der Waals surface area (Å²) in [5.74, 6) is 0.891. The second-order valence-corrected chi connectivity index (χ2v) is 11.1. The van der Waals surface area contributed by atoms with E-state index in [0.717, 1.165) is 43.1 Å². The average Bonchev–Trinajstić information content (AvgIpc) is 2.71. The Kier molecular flexibility index (Phi) is 7.19. The number of rotatable bonds is 5. The van der Waals surface area contributed by atoms with Crippen LogP contribution >= 0.6 is 0 Å². The lowest BCUT2D eigenvalue weighted by Crippen LogP contribution is -2.57. The lowest BCUT2D eigenvalue weighted by atomic mass is 10.1. The molecule has 29 heavy (non-hydrogen) atoms. The summed E-state index contributed by atoms with van der Waals surface area (Å²) in [6.07, 6.45) is 2.23. The van der Waals surface area contributed by atoms with E-state index >= 15 is 0 Å². The van der Waals surface area contributed by atoms with Gasteiger partial charge in [0.1, 0.15) is 0 Å². The molecule has 1 aromatic rings. The minimum Gasteiger partial charge on any atom is -0.381 e. The molecule has 0 aromatic heterocycles. The third kappa shape index (κ3) is 5.71. The summed E-state index contributed by atoms with van der Waals surface area (Å²) in [5, 5.41) is 3.36. The van der Waals surface area contributed by atoms with Gasteiger partial charge in [-0.3, -0.25) is 4.99 Å². The first-order chi connectivity index (χ1) is 13.8. The van der Waals surface area contributed by atoms with E-state index in [1.165, 1.54) is 0 Å². The normalized spacial score (nSPS) is 22.4. The van der Waals surface area contributed by atoms with Crippen molar-refractivity contribution in [2.24, 2.45) is 4.99 Å². The molecular weight excluding hydrogens is 390 g/mol. The molecule has 0 aliphatic carbocycles. The van der Waals surface area contributed by atoms with Gasteiger partial charge in [0.05, 0.1) is 23.2 Å². The summed E-state index contributed by atoms with van der Waals surface area (Å²) >= 11 is 0. The number of hydrogen-bond donors (Lipinski definition) is 1. The molecule has 0 bridgehead atoms. The smallest absolute Gasteiger partial charge is 0.193 e. The molecule has 7 nitrogen and oxygen atoms in total. The van der Waals surface area contributed by atoms with Gasteiger partial charge in [0.2, 0.25) is 0 Å². The molecule has 2 fully saturated rings. The highest BCUT2D eigenvalue weighted by atomic mass is 32.2. The number of guanidine groups is 1. The van der Waals surface area contributed by atoms with Crippen LogP contribution in [0.15, 0.2) is 29.3 Å². The number of sulfone groups is 1. The highest BCUT2D eigenvalue weighted by Crippen LogP contribution is 2.23. The number of ether oxygens (including phenoxy) is 2. The molecule has 2 aliphatic rings. The van der Waals surface area contributed by atoms with E-state index in [0.29, 0.717) is 32.3 Å². The molecule has 0 atom stereocenters. The van der Waals surface area contributed by atoms with E-state index in [-0.39, 0.29) is 5.75 Å². The van der Waals surface area contributed by atoms with Crippen LogP contribution < -0.4 is 5.32 Å². The number of hydrogen-bond acceptors (Lipinski definition) is 5. The SMILES string of the molecule is CN=C(NCc1ccc(COC2CCOCC2)cc1)N1CCS(=O)(=O)C(C)(C)C1. The van der Waals surface area contributed by atoms with Crippen molar-refractivity contribution in [1.82, 2.24) is 10.2 Å². The second-order valence-electron chi connectivity index (χ2n) is 8.34. The zero-order valence-corrected chi connectivity index (χ0v) is 18.5. The van der Waals surface area contributed by atoms with Crippen LogP contribution in [-0.2, 0) is 32.5 Å². The Balaban J connectivity index is 1.49. The molecule has 0 spiro atoms. The fourth-order valence-corrected chi connectivity index (χ4v) is 5.01. The minimum absolute atomic E-state index is 0.155. The molecule has 0 amide bonds. The van der Waals surface area contributed by atoms with Gasteiger partial charge in [-0.2, -0.15) is 0 Å². The van der Waals surface area contributed by atoms with E-state index in [1.54, 1.807) is 20.9 Å². The van der Waals surface area contributed by atoms with Gasteiger partial charge in [-0.1, -0.05) is 24.3 Å². The third-order valence-corrected chi connectivity index (χ3v) is 8.22. The maximum atomic E-state index is 12.2. The Bertz CT molecular complexity index is 800. The molecule has 1 aromatic carbocycles. The van der Waals surface area contributed by atoms with Gasteiger partial charge in [0.25, 0.3) is 0 Å². The molecule has 8 heteroatoms. The van der Waals surface area contributed by atoms with Gasteiger partial charge < -0.3 is 19.7 Å². The highest BCUT2D eigenvalue weighted by molar-refractivity contribution is 7.92. The summed E-state index contributed by atoms with van der Waals surface area (Å²) in [6.45, 7) is 7.31. The lowest BCUT2D eigenvalue weighted by molar-refractivity contribution is -0.0390. The van der Waals surface area contributed by atoms with Crippen molar-refractivity contribution in [2.75, 3.05) is 39.1 Å². The van der Waals surface area contributed by atoms with E-state index in [1.807, 2.05) is 4.90 Å². The summed E-state index contributed by atoms with van der Waals surface area (Å²) in [5.41, 5.74) is 2.30. The number of nitrogens with one attached hydrogen (secondary N) is 1. The van der Waals surface area contributed by atoms with Gasteiger partial charge >= 0.3 is 0 Å². The average molecular weight is 424 g/mol. The van der Waals surface area contributed by atoms with Gasteiger partial charge in [-0.25, -0.2) is 8.42 Å². The monoisotopic (exact) mass is 423 g/mol. The van der Waals surface area contributed by atoms with Crippen LogP contribution in [0.5, 0.6) is 0 Å². The number of nitrogens with zero attached hydrogens (tertiary/aromatic N) is 2. The van der Waals surface area contributed by atoms with Crippen LogP contribution in [-0.4, -0.2) is 69.2 Å². The Labute approximate surface area is 174 Å².